The zero-order valence-electron chi connectivity index (χ0n) is 10.3. The van der Waals surface area contributed by atoms with Crippen LogP contribution in [0.4, 0.5) is 4.39 Å². The van der Waals surface area contributed by atoms with Gasteiger partial charge in [-0.3, -0.25) is 0 Å². The predicted molar refractivity (Wildman–Crippen MR) is 65.6 cm³/mol. The fourth-order valence-corrected chi connectivity index (χ4v) is 3.42. The lowest BCUT2D eigenvalue weighted by Crippen LogP contribution is -2.26. The maximum atomic E-state index is 13.6. The molecule has 2 heteroatoms. The molecule has 92 valence electrons. The van der Waals surface area contributed by atoms with Gasteiger partial charge in [-0.2, -0.15) is 0 Å². The van der Waals surface area contributed by atoms with Crippen molar-refractivity contribution in [1.29, 1.82) is 0 Å². The minimum absolute atomic E-state index is 0.228. The molecule has 0 heterocycles. The number of rotatable bonds is 2. The summed E-state index contributed by atoms with van der Waals surface area (Å²) in [6.45, 7) is 1.97. The summed E-state index contributed by atoms with van der Waals surface area (Å²) < 4.78 is 19.5. The maximum Gasteiger partial charge on any atom is 0.165 e. The highest BCUT2D eigenvalue weighted by atomic mass is 19.1. The normalized spacial score (nSPS) is 31.5. The van der Waals surface area contributed by atoms with Gasteiger partial charge in [-0.1, -0.05) is 18.9 Å². The van der Waals surface area contributed by atoms with Crippen molar-refractivity contribution in [2.24, 2.45) is 11.8 Å². The molecule has 17 heavy (non-hydrogen) atoms. The van der Waals surface area contributed by atoms with E-state index in [1.165, 1.54) is 25.3 Å². The van der Waals surface area contributed by atoms with Crippen molar-refractivity contribution in [3.05, 3.63) is 29.6 Å². The van der Waals surface area contributed by atoms with Crippen molar-refractivity contribution in [3.63, 3.8) is 0 Å². The lowest BCUT2D eigenvalue weighted by Gasteiger charge is -2.28. The molecule has 0 unspecified atom stereocenters. The number of benzene rings is 1. The standard InChI is InChI=1S/C15H19FO/c1-10-2-5-14(16)15(6-10)17-13-8-11-3-4-12(7-11)9-13/h2,5-6,11-13H,3-4,7-9H2,1H3/t11-,12+,13-. The van der Waals surface area contributed by atoms with E-state index in [-0.39, 0.29) is 11.9 Å². The number of hydrogen-bond acceptors (Lipinski definition) is 1. The molecule has 1 nitrogen and oxygen atoms in total. The lowest BCUT2D eigenvalue weighted by molar-refractivity contribution is 0.114. The number of fused-ring (bicyclic) bond motifs is 2. The van der Waals surface area contributed by atoms with E-state index in [1.807, 2.05) is 13.0 Å². The van der Waals surface area contributed by atoms with Crippen LogP contribution in [0, 0.1) is 24.6 Å². The van der Waals surface area contributed by atoms with Gasteiger partial charge in [-0.05, 0) is 55.7 Å². The molecule has 1 aromatic rings. The minimum Gasteiger partial charge on any atom is -0.487 e. The van der Waals surface area contributed by atoms with Crippen molar-refractivity contribution >= 4 is 0 Å². The van der Waals surface area contributed by atoms with Gasteiger partial charge in [0.05, 0.1) is 6.10 Å². The first-order valence-corrected chi connectivity index (χ1v) is 6.63. The van der Waals surface area contributed by atoms with Crippen molar-refractivity contribution in [3.8, 4) is 5.75 Å². The Kier molecular flexibility index (Phi) is 2.81. The molecule has 2 aliphatic carbocycles. The topological polar surface area (TPSA) is 9.23 Å². The second-order valence-corrected chi connectivity index (χ2v) is 5.69. The van der Waals surface area contributed by atoms with Crippen LogP contribution in [-0.2, 0) is 0 Å². The Morgan fingerprint density at radius 3 is 2.53 bits per heavy atom. The van der Waals surface area contributed by atoms with Crippen molar-refractivity contribution < 1.29 is 9.13 Å². The summed E-state index contributed by atoms with van der Waals surface area (Å²) >= 11 is 0. The second kappa shape index (κ2) is 4.32. The average molecular weight is 234 g/mol. The van der Waals surface area contributed by atoms with Gasteiger partial charge >= 0.3 is 0 Å². The molecular weight excluding hydrogens is 215 g/mol. The summed E-state index contributed by atoms with van der Waals surface area (Å²) in [5.74, 6) is 1.86. The van der Waals surface area contributed by atoms with Crippen LogP contribution in [0.5, 0.6) is 5.75 Å². The molecule has 2 fully saturated rings. The van der Waals surface area contributed by atoms with Crippen LogP contribution < -0.4 is 4.74 Å². The molecule has 3 rings (SSSR count). The smallest absolute Gasteiger partial charge is 0.165 e. The molecule has 0 aromatic heterocycles. The Morgan fingerprint density at radius 2 is 1.82 bits per heavy atom. The summed E-state index contributed by atoms with van der Waals surface area (Å²) in [6.07, 6.45) is 6.53. The molecular formula is C15H19FO. The fourth-order valence-electron chi connectivity index (χ4n) is 3.42. The van der Waals surface area contributed by atoms with Crippen LogP contribution in [-0.4, -0.2) is 6.10 Å². The van der Waals surface area contributed by atoms with Crippen LogP contribution >= 0.6 is 0 Å². The number of aryl methyl sites for hydroxylation is 1. The van der Waals surface area contributed by atoms with Gasteiger partial charge in [0.25, 0.3) is 0 Å². The predicted octanol–water partition coefficient (Wildman–Crippen LogP) is 4.09. The van der Waals surface area contributed by atoms with Crippen molar-refractivity contribution in [2.45, 2.75) is 45.1 Å². The Balaban J connectivity index is 1.72. The SMILES string of the molecule is Cc1ccc(F)c(O[C@@H]2C[C@@H]3CC[C@@H](C3)C2)c1. The Hall–Kier alpha value is -1.05. The minimum atomic E-state index is -0.228. The third-order valence-electron chi connectivity index (χ3n) is 4.22. The first kappa shape index (κ1) is 11.1. The maximum absolute atomic E-state index is 13.6. The summed E-state index contributed by atoms with van der Waals surface area (Å²) in [7, 11) is 0. The van der Waals surface area contributed by atoms with Crippen LogP contribution in [0.1, 0.15) is 37.7 Å². The Bertz CT molecular complexity index is 403. The molecule has 0 spiro atoms. The van der Waals surface area contributed by atoms with Crippen LogP contribution in [0.2, 0.25) is 0 Å². The average Bonchev–Trinajstić information content (AvgIpc) is 2.63. The zero-order chi connectivity index (χ0) is 11.8. The highest BCUT2D eigenvalue weighted by Gasteiger charge is 2.35. The summed E-state index contributed by atoms with van der Waals surface area (Å²) in [5.41, 5.74) is 1.06. The summed E-state index contributed by atoms with van der Waals surface area (Å²) in [5, 5.41) is 0. The summed E-state index contributed by atoms with van der Waals surface area (Å²) in [6, 6.07) is 5.10. The molecule has 2 bridgehead atoms. The Morgan fingerprint density at radius 1 is 1.12 bits per heavy atom. The highest BCUT2D eigenvalue weighted by Crippen LogP contribution is 2.43. The molecule has 0 saturated heterocycles. The van der Waals surface area contributed by atoms with Gasteiger partial charge in [-0.15, -0.1) is 0 Å². The van der Waals surface area contributed by atoms with Gasteiger partial charge in [0, 0.05) is 0 Å². The molecule has 0 amide bonds. The van der Waals surface area contributed by atoms with Gasteiger partial charge in [0.1, 0.15) is 0 Å². The van der Waals surface area contributed by atoms with Crippen molar-refractivity contribution in [1.82, 2.24) is 0 Å². The molecule has 3 atom stereocenters. The monoisotopic (exact) mass is 234 g/mol. The molecule has 0 aliphatic heterocycles. The highest BCUT2D eigenvalue weighted by molar-refractivity contribution is 5.29. The van der Waals surface area contributed by atoms with E-state index in [4.69, 9.17) is 4.74 Å². The van der Waals surface area contributed by atoms with Crippen LogP contribution in [0.3, 0.4) is 0 Å². The number of halogens is 1. The number of hydrogen-bond donors (Lipinski definition) is 0. The first-order chi connectivity index (χ1) is 8.20. The van der Waals surface area contributed by atoms with E-state index in [1.54, 1.807) is 6.07 Å². The van der Waals surface area contributed by atoms with E-state index in [2.05, 4.69) is 0 Å². The number of ether oxygens (including phenoxy) is 1. The fraction of sp³-hybridized carbons (Fsp3) is 0.600. The van der Waals surface area contributed by atoms with E-state index in [0.717, 1.165) is 30.2 Å². The third kappa shape index (κ3) is 2.31. The van der Waals surface area contributed by atoms with Gasteiger partial charge in [-0.25, -0.2) is 4.39 Å². The van der Waals surface area contributed by atoms with Crippen LogP contribution in [0.25, 0.3) is 0 Å². The zero-order valence-corrected chi connectivity index (χ0v) is 10.3. The molecule has 0 radical (unpaired) electrons. The molecule has 2 aliphatic rings. The molecule has 0 N–H and O–H groups in total. The van der Waals surface area contributed by atoms with Gasteiger partial charge in [0.15, 0.2) is 11.6 Å². The van der Waals surface area contributed by atoms with Crippen molar-refractivity contribution in [2.75, 3.05) is 0 Å². The lowest BCUT2D eigenvalue weighted by atomic mass is 9.87. The van der Waals surface area contributed by atoms with E-state index < -0.39 is 0 Å². The van der Waals surface area contributed by atoms with Gasteiger partial charge in [0.2, 0.25) is 0 Å². The summed E-state index contributed by atoms with van der Waals surface area (Å²) in [4.78, 5) is 0. The third-order valence-corrected chi connectivity index (χ3v) is 4.22. The van der Waals surface area contributed by atoms with Gasteiger partial charge < -0.3 is 4.74 Å². The van der Waals surface area contributed by atoms with E-state index in [0.29, 0.717) is 5.75 Å². The largest absolute Gasteiger partial charge is 0.487 e. The van der Waals surface area contributed by atoms with E-state index >= 15 is 0 Å². The Labute approximate surface area is 102 Å². The first-order valence-electron chi connectivity index (χ1n) is 6.63. The van der Waals surface area contributed by atoms with E-state index in [9.17, 15) is 4.39 Å². The second-order valence-electron chi connectivity index (χ2n) is 5.69. The quantitative estimate of drug-likeness (QED) is 0.748. The van der Waals surface area contributed by atoms with Crippen LogP contribution in [0.15, 0.2) is 18.2 Å². The molecule has 2 saturated carbocycles. The molecule has 1 aromatic carbocycles.